The van der Waals surface area contributed by atoms with Crippen LogP contribution in [0.15, 0.2) is 49.1 Å². The molecule has 0 radical (unpaired) electrons. The highest BCUT2D eigenvalue weighted by atomic mass is 15.3. The Morgan fingerprint density at radius 2 is 1.91 bits per heavy atom. The van der Waals surface area contributed by atoms with Crippen molar-refractivity contribution >= 4 is 5.95 Å². The first kappa shape index (κ1) is 13.9. The predicted octanol–water partition coefficient (Wildman–Crippen LogP) is 2.71. The molecule has 0 unspecified atom stereocenters. The number of aromatic nitrogens is 5. The summed E-state index contributed by atoms with van der Waals surface area (Å²) in [7, 11) is 0. The van der Waals surface area contributed by atoms with E-state index in [4.69, 9.17) is 4.98 Å². The molecule has 116 valence electrons. The van der Waals surface area contributed by atoms with Crippen LogP contribution in [-0.4, -0.2) is 31.0 Å². The molecule has 0 aromatic carbocycles. The zero-order valence-corrected chi connectivity index (χ0v) is 13.0. The normalized spacial score (nSPS) is 17.6. The third kappa shape index (κ3) is 2.56. The van der Waals surface area contributed by atoms with Crippen molar-refractivity contribution in [2.24, 2.45) is 0 Å². The van der Waals surface area contributed by atoms with E-state index < -0.39 is 0 Å². The first-order valence-corrected chi connectivity index (χ1v) is 7.84. The molecule has 0 spiro atoms. The SMILES string of the molecule is Cc1nccn1-c1cccc([C@@H]2CCCN2c2ncccn2)n1. The number of hydrogen-bond acceptors (Lipinski definition) is 5. The van der Waals surface area contributed by atoms with Gasteiger partial charge in [-0.15, -0.1) is 0 Å². The fraction of sp³-hybridized carbons (Fsp3) is 0.294. The quantitative estimate of drug-likeness (QED) is 0.744. The third-order valence-electron chi connectivity index (χ3n) is 4.23. The van der Waals surface area contributed by atoms with Gasteiger partial charge in [-0.2, -0.15) is 0 Å². The van der Waals surface area contributed by atoms with Gasteiger partial charge in [0.1, 0.15) is 11.6 Å². The second-order valence-corrected chi connectivity index (χ2v) is 5.67. The minimum Gasteiger partial charge on any atom is -0.332 e. The number of nitrogens with zero attached hydrogens (tertiary/aromatic N) is 6. The highest BCUT2D eigenvalue weighted by Gasteiger charge is 2.29. The Balaban J connectivity index is 1.69. The third-order valence-corrected chi connectivity index (χ3v) is 4.23. The number of imidazole rings is 1. The van der Waals surface area contributed by atoms with Gasteiger partial charge in [-0.05, 0) is 38.0 Å². The molecule has 0 N–H and O–H groups in total. The van der Waals surface area contributed by atoms with E-state index in [1.54, 1.807) is 18.6 Å². The van der Waals surface area contributed by atoms with E-state index in [-0.39, 0.29) is 6.04 Å². The van der Waals surface area contributed by atoms with Crippen molar-refractivity contribution in [3.05, 3.63) is 60.6 Å². The van der Waals surface area contributed by atoms with Crippen LogP contribution >= 0.6 is 0 Å². The molecule has 4 heterocycles. The molecule has 0 amide bonds. The van der Waals surface area contributed by atoms with Crippen LogP contribution in [0.25, 0.3) is 5.82 Å². The second-order valence-electron chi connectivity index (χ2n) is 5.67. The van der Waals surface area contributed by atoms with E-state index in [0.717, 1.165) is 42.7 Å². The zero-order valence-electron chi connectivity index (χ0n) is 13.0. The highest BCUT2D eigenvalue weighted by molar-refractivity contribution is 5.37. The van der Waals surface area contributed by atoms with E-state index in [1.165, 1.54) is 0 Å². The molecule has 0 aliphatic carbocycles. The van der Waals surface area contributed by atoms with E-state index in [0.29, 0.717) is 0 Å². The lowest BCUT2D eigenvalue weighted by Gasteiger charge is -2.24. The van der Waals surface area contributed by atoms with E-state index >= 15 is 0 Å². The van der Waals surface area contributed by atoms with E-state index in [9.17, 15) is 0 Å². The van der Waals surface area contributed by atoms with Crippen molar-refractivity contribution in [3.63, 3.8) is 0 Å². The van der Waals surface area contributed by atoms with Gasteiger partial charge >= 0.3 is 0 Å². The van der Waals surface area contributed by atoms with Gasteiger partial charge in [0.25, 0.3) is 0 Å². The fourth-order valence-corrected chi connectivity index (χ4v) is 3.13. The Morgan fingerprint density at radius 3 is 2.70 bits per heavy atom. The molecule has 1 fully saturated rings. The Hall–Kier alpha value is -2.76. The van der Waals surface area contributed by atoms with Crippen molar-refractivity contribution in [1.82, 2.24) is 24.5 Å². The monoisotopic (exact) mass is 306 g/mol. The van der Waals surface area contributed by atoms with Crippen molar-refractivity contribution in [1.29, 1.82) is 0 Å². The maximum absolute atomic E-state index is 4.86. The lowest BCUT2D eigenvalue weighted by molar-refractivity contribution is 0.675. The number of aryl methyl sites for hydroxylation is 1. The summed E-state index contributed by atoms with van der Waals surface area (Å²) in [6.45, 7) is 2.94. The van der Waals surface area contributed by atoms with Crippen LogP contribution in [0.1, 0.15) is 30.4 Å². The Kier molecular flexibility index (Phi) is 3.49. The van der Waals surface area contributed by atoms with Crippen LogP contribution in [0, 0.1) is 6.92 Å². The molecule has 0 bridgehead atoms. The fourth-order valence-electron chi connectivity index (χ4n) is 3.13. The highest BCUT2D eigenvalue weighted by Crippen LogP contribution is 2.33. The average Bonchev–Trinajstić information content (AvgIpc) is 3.25. The van der Waals surface area contributed by atoms with Crippen LogP contribution in [-0.2, 0) is 0 Å². The molecule has 4 rings (SSSR count). The molecule has 3 aromatic heterocycles. The molecular weight excluding hydrogens is 288 g/mol. The summed E-state index contributed by atoms with van der Waals surface area (Å²) >= 11 is 0. The number of anilines is 1. The minimum absolute atomic E-state index is 0.223. The Morgan fingerprint density at radius 1 is 1.04 bits per heavy atom. The van der Waals surface area contributed by atoms with Crippen molar-refractivity contribution in [2.75, 3.05) is 11.4 Å². The van der Waals surface area contributed by atoms with Crippen LogP contribution in [0.4, 0.5) is 5.95 Å². The molecule has 3 aromatic rings. The van der Waals surface area contributed by atoms with Crippen molar-refractivity contribution in [2.45, 2.75) is 25.8 Å². The summed E-state index contributed by atoms with van der Waals surface area (Å²) in [6, 6.07) is 8.22. The van der Waals surface area contributed by atoms with Crippen molar-refractivity contribution < 1.29 is 0 Å². The molecule has 0 saturated carbocycles. The maximum Gasteiger partial charge on any atom is 0.225 e. The molecule has 1 saturated heterocycles. The smallest absolute Gasteiger partial charge is 0.225 e. The number of pyridine rings is 1. The molecule has 1 aliphatic rings. The van der Waals surface area contributed by atoms with E-state index in [1.807, 2.05) is 29.8 Å². The largest absolute Gasteiger partial charge is 0.332 e. The number of rotatable bonds is 3. The summed E-state index contributed by atoms with van der Waals surface area (Å²) in [5.74, 6) is 2.61. The Labute approximate surface area is 134 Å². The molecular formula is C17H18N6. The molecule has 1 atom stereocenters. The van der Waals surface area contributed by atoms with Crippen LogP contribution in [0.3, 0.4) is 0 Å². The molecule has 6 heteroatoms. The summed E-state index contributed by atoms with van der Waals surface area (Å²) in [5, 5.41) is 0. The number of hydrogen-bond donors (Lipinski definition) is 0. The minimum atomic E-state index is 0.223. The molecule has 6 nitrogen and oxygen atoms in total. The summed E-state index contributed by atoms with van der Waals surface area (Å²) in [5.41, 5.74) is 1.06. The molecule has 1 aliphatic heterocycles. The van der Waals surface area contributed by atoms with Crippen LogP contribution < -0.4 is 4.90 Å². The van der Waals surface area contributed by atoms with Gasteiger partial charge in [0, 0.05) is 31.3 Å². The Bertz CT molecular complexity index is 798. The van der Waals surface area contributed by atoms with Gasteiger partial charge in [0.05, 0.1) is 11.7 Å². The van der Waals surface area contributed by atoms with E-state index in [2.05, 4.69) is 32.0 Å². The van der Waals surface area contributed by atoms with Gasteiger partial charge in [0.15, 0.2) is 0 Å². The van der Waals surface area contributed by atoms with Crippen molar-refractivity contribution in [3.8, 4) is 5.82 Å². The summed E-state index contributed by atoms with van der Waals surface area (Å²) in [6.07, 6.45) is 9.50. The summed E-state index contributed by atoms with van der Waals surface area (Å²) < 4.78 is 2.00. The van der Waals surface area contributed by atoms with Gasteiger partial charge in [0.2, 0.25) is 5.95 Å². The summed E-state index contributed by atoms with van der Waals surface area (Å²) in [4.78, 5) is 20.2. The first-order chi connectivity index (χ1) is 11.3. The van der Waals surface area contributed by atoms with Gasteiger partial charge in [-0.25, -0.2) is 19.9 Å². The maximum atomic E-state index is 4.86. The zero-order chi connectivity index (χ0) is 15.6. The standard InChI is InChI=1S/C17H18N6/c1-13-18-10-12-22(13)16-7-2-5-14(21-16)15-6-3-11-23(15)17-19-8-4-9-20-17/h2,4-5,7-10,12,15H,3,6,11H2,1H3/t15-/m0/s1. The topological polar surface area (TPSA) is 59.7 Å². The first-order valence-electron chi connectivity index (χ1n) is 7.84. The van der Waals surface area contributed by atoms with Gasteiger partial charge < -0.3 is 4.90 Å². The lowest BCUT2D eigenvalue weighted by Crippen LogP contribution is -2.25. The second kappa shape index (κ2) is 5.79. The predicted molar refractivity (Wildman–Crippen MR) is 87.4 cm³/mol. The van der Waals surface area contributed by atoms with Gasteiger partial charge in [-0.1, -0.05) is 6.07 Å². The molecule has 23 heavy (non-hydrogen) atoms. The average molecular weight is 306 g/mol. The van der Waals surface area contributed by atoms with Gasteiger partial charge in [-0.3, -0.25) is 4.57 Å². The lowest BCUT2D eigenvalue weighted by atomic mass is 10.1. The van der Waals surface area contributed by atoms with Crippen LogP contribution in [0.5, 0.6) is 0 Å². The van der Waals surface area contributed by atoms with Crippen LogP contribution in [0.2, 0.25) is 0 Å².